The van der Waals surface area contributed by atoms with Crippen LogP contribution in [0.1, 0.15) is 48.9 Å². The largest absolute Gasteiger partial charge is 0.339 e. The van der Waals surface area contributed by atoms with Gasteiger partial charge in [-0.3, -0.25) is 14.6 Å². The Bertz CT molecular complexity index is 1040. The molecule has 0 spiro atoms. The van der Waals surface area contributed by atoms with Gasteiger partial charge in [-0.05, 0) is 43.9 Å². The molecule has 0 aliphatic carbocycles. The first-order chi connectivity index (χ1) is 15.4. The van der Waals surface area contributed by atoms with Crippen LogP contribution in [0.25, 0.3) is 0 Å². The van der Waals surface area contributed by atoms with Gasteiger partial charge in [0.2, 0.25) is 5.91 Å². The standard InChI is InChI=1S/C22H28N4O4S2/c27-21(24-19-6-5-9-23-15-19)17-7-12-26(13-8-17)32(29,30)20-14-18(16-31-20)22(28)25-10-3-1-2-4-11-25/h5-6,9,14-17H,1-4,7-8,10-13H2,(H,24,27). The summed E-state index contributed by atoms with van der Waals surface area (Å²) < 4.78 is 27.9. The molecule has 172 valence electrons. The minimum absolute atomic E-state index is 0.0876. The Morgan fingerprint density at radius 2 is 1.78 bits per heavy atom. The van der Waals surface area contributed by atoms with Crippen molar-refractivity contribution in [2.75, 3.05) is 31.5 Å². The van der Waals surface area contributed by atoms with Crippen molar-refractivity contribution in [1.29, 1.82) is 0 Å². The van der Waals surface area contributed by atoms with Crippen LogP contribution in [0.3, 0.4) is 0 Å². The van der Waals surface area contributed by atoms with E-state index < -0.39 is 10.0 Å². The van der Waals surface area contributed by atoms with Crippen molar-refractivity contribution in [3.8, 4) is 0 Å². The summed E-state index contributed by atoms with van der Waals surface area (Å²) in [7, 11) is -3.68. The smallest absolute Gasteiger partial charge is 0.254 e. The van der Waals surface area contributed by atoms with Gasteiger partial charge < -0.3 is 10.2 Å². The first-order valence-electron chi connectivity index (χ1n) is 11.0. The first-order valence-corrected chi connectivity index (χ1v) is 13.4. The van der Waals surface area contributed by atoms with Crippen LogP contribution in [0.15, 0.2) is 40.2 Å². The maximum atomic E-state index is 13.1. The summed E-state index contributed by atoms with van der Waals surface area (Å²) in [5.41, 5.74) is 1.08. The average molecular weight is 477 g/mol. The Balaban J connectivity index is 1.36. The van der Waals surface area contributed by atoms with Gasteiger partial charge in [-0.2, -0.15) is 4.31 Å². The van der Waals surface area contributed by atoms with Crippen LogP contribution >= 0.6 is 11.3 Å². The number of likely N-dealkylation sites (tertiary alicyclic amines) is 1. The van der Waals surface area contributed by atoms with E-state index in [1.54, 1.807) is 29.9 Å². The highest BCUT2D eigenvalue weighted by Crippen LogP contribution is 2.29. The number of anilines is 1. The zero-order valence-corrected chi connectivity index (χ0v) is 19.5. The van der Waals surface area contributed by atoms with E-state index in [4.69, 9.17) is 0 Å². The van der Waals surface area contributed by atoms with Crippen molar-refractivity contribution in [2.45, 2.75) is 42.7 Å². The zero-order valence-electron chi connectivity index (χ0n) is 17.9. The molecule has 4 heterocycles. The quantitative estimate of drug-likeness (QED) is 0.714. The summed E-state index contributed by atoms with van der Waals surface area (Å²) in [5.74, 6) is -0.447. The SMILES string of the molecule is O=C(Nc1cccnc1)C1CCN(S(=O)(=O)c2cc(C(=O)N3CCCCCC3)cs2)CC1. The molecule has 32 heavy (non-hydrogen) atoms. The van der Waals surface area contributed by atoms with Crippen LogP contribution in [0.5, 0.6) is 0 Å². The van der Waals surface area contributed by atoms with Gasteiger partial charge >= 0.3 is 0 Å². The molecule has 0 saturated carbocycles. The normalized spacial score (nSPS) is 18.8. The highest BCUT2D eigenvalue weighted by atomic mass is 32.2. The second-order valence-corrected chi connectivity index (χ2v) is 11.3. The second kappa shape index (κ2) is 10.1. The van der Waals surface area contributed by atoms with Crippen LogP contribution in [-0.2, 0) is 14.8 Å². The molecule has 2 fully saturated rings. The van der Waals surface area contributed by atoms with Gasteiger partial charge in [0, 0.05) is 43.7 Å². The molecule has 0 bridgehead atoms. The fourth-order valence-corrected chi connectivity index (χ4v) is 6.96. The molecule has 2 aliphatic rings. The zero-order chi connectivity index (χ0) is 22.6. The molecule has 0 unspecified atom stereocenters. The van der Waals surface area contributed by atoms with Crippen LogP contribution in [-0.4, -0.2) is 60.6 Å². The van der Waals surface area contributed by atoms with E-state index in [-0.39, 0.29) is 35.0 Å². The van der Waals surface area contributed by atoms with E-state index in [0.29, 0.717) is 24.1 Å². The molecule has 8 nitrogen and oxygen atoms in total. The predicted octanol–water partition coefficient (Wildman–Crippen LogP) is 3.20. The molecule has 2 aliphatic heterocycles. The highest BCUT2D eigenvalue weighted by molar-refractivity contribution is 7.91. The topological polar surface area (TPSA) is 99.7 Å². The predicted molar refractivity (Wildman–Crippen MR) is 123 cm³/mol. The third-order valence-corrected chi connectivity index (χ3v) is 9.38. The number of carbonyl (C=O) groups is 2. The number of thiophene rings is 1. The van der Waals surface area contributed by atoms with Crippen molar-refractivity contribution in [1.82, 2.24) is 14.2 Å². The van der Waals surface area contributed by atoms with Gasteiger partial charge in [0.1, 0.15) is 4.21 Å². The molecule has 0 atom stereocenters. The lowest BCUT2D eigenvalue weighted by atomic mass is 9.97. The molecule has 1 N–H and O–H groups in total. The Hall–Kier alpha value is -2.30. The molecule has 2 saturated heterocycles. The number of piperidine rings is 1. The third kappa shape index (κ3) is 5.19. The van der Waals surface area contributed by atoms with E-state index in [1.807, 2.05) is 4.90 Å². The average Bonchev–Trinajstić information content (AvgIpc) is 3.16. The number of rotatable bonds is 5. The van der Waals surface area contributed by atoms with E-state index in [1.165, 1.54) is 10.4 Å². The molecule has 0 aromatic carbocycles. The second-order valence-electron chi connectivity index (χ2n) is 8.27. The van der Waals surface area contributed by atoms with Crippen molar-refractivity contribution in [2.24, 2.45) is 5.92 Å². The van der Waals surface area contributed by atoms with Gasteiger partial charge in [-0.15, -0.1) is 11.3 Å². The van der Waals surface area contributed by atoms with Gasteiger partial charge in [0.25, 0.3) is 15.9 Å². The number of amides is 2. The summed E-state index contributed by atoms with van der Waals surface area (Å²) in [6.07, 6.45) is 8.36. The van der Waals surface area contributed by atoms with Crippen LogP contribution in [0.4, 0.5) is 5.69 Å². The number of aromatic nitrogens is 1. The first kappa shape index (κ1) is 22.9. The minimum Gasteiger partial charge on any atom is -0.339 e. The Kier molecular flexibility index (Phi) is 7.22. The molecular formula is C22H28N4O4S2. The minimum atomic E-state index is -3.68. The summed E-state index contributed by atoms with van der Waals surface area (Å²) in [6.45, 7) is 2.01. The number of hydrogen-bond donors (Lipinski definition) is 1. The lowest BCUT2D eigenvalue weighted by Crippen LogP contribution is -2.41. The Labute approximate surface area is 192 Å². The van der Waals surface area contributed by atoms with E-state index >= 15 is 0 Å². The third-order valence-electron chi connectivity index (χ3n) is 6.06. The van der Waals surface area contributed by atoms with E-state index in [9.17, 15) is 18.0 Å². The number of nitrogens with zero attached hydrogens (tertiary/aromatic N) is 3. The summed E-state index contributed by atoms with van der Waals surface area (Å²) in [4.78, 5) is 31.1. The molecule has 10 heteroatoms. The van der Waals surface area contributed by atoms with Crippen molar-refractivity contribution < 1.29 is 18.0 Å². The highest BCUT2D eigenvalue weighted by Gasteiger charge is 2.33. The summed E-state index contributed by atoms with van der Waals surface area (Å²) in [6, 6.07) is 5.03. The van der Waals surface area contributed by atoms with Gasteiger partial charge in [0.15, 0.2) is 0 Å². The molecule has 4 rings (SSSR count). The van der Waals surface area contributed by atoms with Gasteiger partial charge in [0.05, 0.1) is 17.4 Å². The fraction of sp³-hybridized carbons (Fsp3) is 0.500. The molecule has 2 aromatic rings. The van der Waals surface area contributed by atoms with Crippen molar-refractivity contribution >= 4 is 38.9 Å². The number of nitrogens with one attached hydrogen (secondary N) is 1. The lowest BCUT2D eigenvalue weighted by Gasteiger charge is -2.30. The molecule has 2 amide bonds. The van der Waals surface area contributed by atoms with Crippen LogP contribution in [0.2, 0.25) is 0 Å². The van der Waals surface area contributed by atoms with Gasteiger partial charge in [-0.1, -0.05) is 12.8 Å². The number of sulfonamides is 1. The summed E-state index contributed by atoms with van der Waals surface area (Å²) >= 11 is 1.09. The van der Waals surface area contributed by atoms with E-state index in [0.717, 1.165) is 50.1 Å². The number of hydrogen-bond acceptors (Lipinski definition) is 6. The summed E-state index contributed by atoms with van der Waals surface area (Å²) in [5, 5.41) is 4.49. The lowest BCUT2D eigenvalue weighted by molar-refractivity contribution is -0.120. The maximum Gasteiger partial charge on any atom is 0.254 e. The monoisotopic (exact) mass is 476 g/mol. The number of pyridine rings is 1. The van der Waals surface area contributed by atoms with Crippen LogP contribution < -0.4 is 5.32 Å². The Morgan fingerprint density at radius 3 is 2.44 bits per heavy atom. The number of carbonyl (C=O) groups excluding carboxylic acids is 2. The molecular weight excluding hydrogens is 448 g/mol. The fourth-order valence-electron chi connectivity index (χ4n) is 4.19. The molecule has 0 radical (unpaired) electrons. The van der Waals surface area contributed by atoms with Gasteiger partial charge in [-0.25, -0.2) is 8.42 Å². The maximum absolute atomic E-state index is 13.1. The van der Waals surface area contributed by atoms with E-state index in [2.05, 4.69) is 10.3 Å². The van der Waals surface area contributed by atoms with Crippen molar-refractivity contribution in [3.63, 3.8) is 0 Å². The Morgan fingerprint density at radius 1 is 1.06 bits per heavy atom. The van der Waals surface area contributed by atoms with Crippen LogP contribution in [0, 0.1) is 5.92 Å². The van der Waals surface area contributed by atoms with Crippen molar-refractivity contribution in [3.05, 3.63) is 41.5 Å². The molecule has 2 aromatic heterocycles.